The molecule has 3 saturated carbocycles. The maximum atomic E-state index is 12.7. The second kappa shape index (κ2) is 11.1. The van der Waals surface area contributed by atoms with Crippen molar-refractivity contribution < 1.29 is 43.2 Å². The van der Waals surface area contributed by atoms with Crippen LogP contribution in [0.1, 0.15) is 93.4 Å². The summed E-state index contributed by atoms with van der Waals surface area (Å²) in [6.45, 7) is 11.4. The van der Waals surface area contributed by atoms with Crippen LogP contribution in [-0.2, 0) is 38.1 Å². The molecule has 1 N–H and O–H groups in total. The number of aliphatic hydroxyl groups is 1. The van der Waals surface area contributed by atoms with E-state index in [0.717, 1.165) is 32.1 Å². The first kappa shape index (κ1) is 30.5. The second-order valence-electron chi connectivity index (χ2n) is 13.1. The van der Waals surface area contributed by atoms with E-state index in [1.807, 2.05) is 0 Å². The largest absolute Gasteiger partial charge is 0.462 e. The quantitative estimate of drug-likeness (QED) is 0.275. The Labute approximate surface area is 237 Å². The molecule has 4 rings (SSSR count). The normalized spacial score (nSPS) is 39.8. The SMILES string of the molecule is CC(=O)OC[C@H](OC(C)=O)[C@H](C)[C@@]1(O)[C@H](OC(C)=O)C[C@H]2[C@H]3CC=C4C[C@@H](OC(C)=O)CC[C@]4(C)[C@@H]3CC[C@@]21C. The maximum Gasteiger partial charge on any atom is 0.303 e. The highest BCUT2D eigenvalue weighted by Crippen LogP contribution is 2.69. The first-order valence-corrected chi connectivity index (χ1v) is 14.7. The van der Waals surface area contributed by atoms with E-state index in [-0.39, 0.29) is 35.9 Å². The van der Waals surface area contributed by atoms with Crippen LogP contribution in [0.2, 0.25) is 0 Å². The van der Waals surface area contributed by atoms with Crippen LogP contribution in [0.4, 0.5) is 0 Å². The van der Waals surface area contributed by atoms with Crippen molar-refractivity contribution >= 4 is 23.9 Å². The number of allylic oxidation sites excluding steroid dienone is 1. The molecule has 9 heteroatoms. The van der Waals surface area contributed by atoms with Crippen LogP contribution in [0, 0.1) is 34.5 Å². The van der Waals surface area contributed by atoms with Gasteiger partial charge in [0.25, 0.3) is 0 Å². The van der Waals surface area contributed by atoms with Gasteiger partial charge >= 0.3 is 23.9 Å². The summed E-state index contributed by atoms with van der Waals surface area (Å²) >= 11 is 0. The van der Waals surface area contributed by atoms with Gasteiger partial charge in [0.15, 0.2) is 0 Å². The number of hydrogen-bond acceptors (Lipinski definition) is 9. The Balaban J connectivity index is 1.68. The predicted molar refractivity (Wildman–Crippen MR) is 144 cm³/mol. The van der Waals surface area contributed by atoms with Crippen LogP contribution in [-0.4, -0.2) is 59.5 Å². The monoisotopic (exact) mass is 562 g/mol. The summed E-state index contributed by atoms with van der Waals surface area (Å²) in [5, 5.41) is 12.7. The lowest BCUT2D eigenvalue weighted by atomic mass is 9.46. The van der Waals surface area contributed by atoms with Crippen molar-refractivity contribution in [3.63, 3.8) is 0 Å². The van der Waals surface area contributed by atoms with Crippen LogP contribution >= 0.6 is 0 Å². The molecule has 0 aromatic heterocycles. The van der Waals surface area contributed by atoms with Crippen molar-refractivity contribution in [2.24, 2.45) is 34.5 Å². The third-order valence-electron chi connectivity index (χ3n) is 11.0. The van der Waals surface area contributed by atoms with Gasteiger partial charge in [0, 0.05) is 45.4 Å². The fraction of sp³-hybridized carbons (Fsp3) is 0.806. The molecule has 40 heavy (non-hydrogen) atoms. The lowest BCUT2D eigenvalue weighted by Gasteiger charge is -2.59. The van der Waals surface area contributed by atoms with E-state index in [1.165, 1.54) is 33.3 Å². The van der Waals surface area contributed by atoms with Crippen LogP contribution < -0.4 is 0 Å². The summed E-state index contributed by atoms with van der Waals surface area (Å²) in [7, 11) is 0. The number of esters is 4. The molecule has 0 aromatic carbocycles. The van der Waals surface area contributed by atoms with Crippen LogP contribution in [0.15, 0.2) is 11.6 Å². The number of ether oxygens (including phenoxy) is 4. The maximum absolute atomic E-state index is 12.7. The fourth-order valence-electron chi connectivity index (χ4n) is 9.12. The van der Waals surface area contributed by atoms with Gasteiger partial charge in [-0.1, -0.05) is 32.4 Å². The molecular weight excluding hydrogens is 516 g/mol. The molecule has 4 aliphatic carbocycles. The minimum Gasteiger partial charge on any atom is -0.462 e. The Morgan fingerprint density at radius 2 is 1.62 bits per heavy atom. The molecule has 0 amide bonds. The first-order chi connectivity index (χ1) is 18.6. The minimum absolute atomic E-state index is 0.0141. The van der Waals surface area contributed by atoms with E-state index in [9.17, 15) is 24.3 Å². The highest BCUT2D eigenvalue weighted by Gasteiger charge is 2.70. The molecule has 0 aromatic rings. The van der Waals surface area contributed by atoms with E-state index in [0.29, 0.717) is 18.8 Å². The van der Waals surface area contributed by atoms with E-state index in [1.54, 1.807) is 6.92 Å². The Morgan fingerprint density at radius 1 is 0.950 bits per heavy atom. The van der Waals surface area contributed by atoms with Gasteiger partial charge in [-0.15, -0.1) is 0 Å². The van der Waals surface area contributed by atoms with Gasteiger partial charge in [0.2, 0.25) is 0 Å². The molecule has 0 heterocycles. The van der Waals surface area contributed by atoms with Gasteiger partial charge in [-0.05, 0) is 61.7 Å². The third-order valence-corrected chi connectivity index (χ3v) is 11.0. The minimum atomic E-state index is -1.51. The smallest absolute Gasteiger partial charge is 0.303 e. The fourth-order valence-corrected chi connectivity index (χ4v) is 9.12. The molecule has 9 nitrogen and oxygen atoms in total. The lowest BCUT2D eigenvalue weighted by molar-refractivity contribution is -0.217. The summed E-state index contributed by atoms with van der Waals surface area (Å²) in [6.07, 6.45) is 6.05. The molecule has 0 aliphatic heterocycles. The summed E-state index contributed by atoms with van der Waals surface area (Å²) in [5.41, 5.74) is -0.783. The van der Waals surface area contributed by atoms with Gasteiger partial charge in [-0.3, -0.25) is 19.2 Å². The van der Waals surface area contributed by atoms with Gasteiger partial charge in [0.1, 0.15) is 30.5 Å². The summed E-state index contributed by atoms with van der Waals surface area (Å²) in [5.74, 6) is -1.70. The topological polar surface area (TPSA) is 125 Å². The van der Waals surface area contributed by atoms with Gasteiger partial charge in [-0.25, -0.2) is 0 Å². The van der Waals surface area contributed by atoms with E-state index < -0.39 is 47.0 Å². The van der Waals surface area contributed by atoms with Crippen LogP contribution in [0.3, 0.4) is 0 Å². The van der Waals surface area contributed by atoms with Gasteiger partial charge in [0.05, 0.1) is 0 Å². The number of carbonyl (C=O) groups excluding carboxylic acids is 4. The highest BCUT2D eigenvalue weighted by atomic mass is 16.6. The zero-order valence-corrected chi connectivity index (χ0v) is 25.0. The second-order valence-corrected chi connectivity index (χ2v) is 13.1. The van der Waals surface area contributed by atoms with Crippen molar-refractivity contribution in [1.29, 1.82) is 0 Å². The van der Waals surface area contributed by atoms with Crippen molar-refractivity contribution in [2.45, 2.75) is 117 Å². The van der Waals surface area contributed by atoms with Crippen molar-refractivity contribution in [2.75, 3.05) is 6.61 Å². The predicted octanol–water partition coefficient (Wildman–Crippen LogP) is 4.28. The molecule has 0 radical (unpaired) electrons. The van der Waals surface area contributed by atoms with Crippen LogP contribution in [0.5, 0.6) is 0 Å². The zero-order valence-electron chi connectivity index (χ0n) is 25.0. The molecular formula is C31H46O9. The molecule has 4 aliphatic rings. The molecule has 0 saturated heterocycles. The number of fused-ring (bicyclic) bond motifs is 5. The lowest BCUT2D eigenvalue weighted by Crippen LogP contribution is -2.62. The van der Waals surface area contributed by atoms with Gasteiger partial charge in [-0.2, -0.15) is 0 Å². The van der Waals surface area contributed by atoms with Crippen molar-refractivity contribution in [3.8, 4) is 0 Å². The van der Waals surface area contributed by atoms with E-state index in [4.69, 9.17) is 18.9 Å². The Hall–Kier alpha value is -2.42. The average Bonchev–Trinajstić information content (AvgIpc) is 3.08. The Kier molecular flexibility index (Phi) is 8.48. The molecule has 10 atom stereocenters. The van der Waals surface area contributed by atoms with E-state index in [2.05, 4.69) is 19.9 Å². The Bertz CT molecular complexity index is 1070. The Morgan fingerprint density at radius 3 is 2.23 bits per heavy atom. The van der Waals surface area contributed by atoms with E-state index >= 15 is 0 Å². The summed E-state index contributed by atoms with van der Waals surface area (Å²) in [4.78, 5) is 47.5. The number of carbonyl (C=O) groups is 4. The molecule has 0 unspecified atom stereocenters. The molecule has 3 fully saturated rings. The summed E-state index contributed by atoms with van der Waals surface area (Å²) < 4.78 is 22.2. The van der Waals surface area contributed by atoms with Crippen molar-refractivity contribution in [1.82, 2.24) is 0 Å². The highest BCUT2D eigenvalue weighted by molar-refractivity contribution is 5.67. The third kappa shape index (κ3) is 5.19. The van der Waals surface area contributed by atoms with Gasteiger partial charge < -0.3 is 24.1 Å². The molecule has 0 spiro atoms. The molecule has 0 bridgehead atoms. The average molecular weight is 563 g/mol. The number of rotatable bonds is 7. The molecule has 224 valence electrons. The standard InChI is InChI=1S/C31H46O9/c1-17(27(39-20(4)34)16-37-18(2)32)31(36)28(40-21(5)35)15-26-24-9-8-22-14-23(38-19(3)33)10-12-29(22,6)25(24)11-13-30(26,31)7/h8,17,23-28,36H,9-16H2,1-7H3/t17-,23-,24-,25+,26-,27-,28+,29-,30-,31+/m0/s1. The number of hydrogen-bond donors (Lipinski definition) is 1. The van der Waals surface area contributed by atoms with Crippen molar-refractivity contribution in [3.05, 3.63) is 11.6 Å². The summed E-state index contributed by atoms with van der Waals surface area (Å²) in [6, 6.07) is 0. The first-order valence-electron chi connectivity index (χ1n) is 14.7. The zero-order chi connectivity index (χ0) is 29.6. The van der Waals surface area contributed by atoms with Crippen LogP contribution in [0.25, 0.3) is 0 Å².